The largest absolute Gasteiger partial charge is 0.300 e. The number of hydrogen-bond donors (Lipinski definition) is 2. The number of nitrogens with zero attached hydrogens (tertiary/aromatic N) is 1. The molecule has 1 aromatic carbocycles. The van der Waals surface area contributed by atoms with Crippen LogP contribution >= 0.6 is 15.9 Å². The summed E-state index contributed by atoms with van der Waals surface area (Å²) in [7, 11) is 2.21. The predicted molar refractivity (Wildman–Crippen MR) is 81.5 cm³/mol. The highest BCUT2D eigenvalue weighted by atomic mass is 79.9. The maximum Gasteiger partial charge on any atom is 0.142 e. The van der Waals surface area contributed by atoms with Crippen LogP contribution in [0.3, 0.4) is 0 Å². The smallest absolute Gasteiger partial charge is 0.142 e. The van der Waals surface area contributed by atoms with Gasteiger partial charge in [-0.1, -0.05) is 12.1 Å². The predicted octanol–water partition coefficient (Wildman–Crippen LogP) is 2.97. The molecular formula is C15H21BrFN3. The first-order valence-corrected chi connectivity index (χ1v) is 8.03. The molecule has 2 aliphatic heterocycles. The third-order valence-electron chi connectivity index (χ3n) is 5.10. The number of fused-ring (bicyclic) bond motifs is 2. The van der Waals surface area contributed by atoms with Crippen molar-refractivity contribution in [3.63, 3.8) is 0 Å². The molecule has 110 valence electrons. The van der Waals surface area contributed by atoms with Gasteiger partial charge in [-0.15, -0.1) is 0 Å². The molecule has 2 saturated heterocycles. The number of halogens is 2. The SMILES string of the molecule is CN1C2CCC1CC(C(NN)c1cccc(Br)c1F)C2. The van der Waals surface area contributed by atoms with E-state index in [9.17, 15) is 4.39 Å². The molecule has 0 spiro atoms. The van der Waals surface area contributed by atoms with Crippen molar-refractivity contribution in [2.45, 2.75) is 43.8 Å². The Kier molecular flexibility index (Phi) is 4.13. The molecule has 3 atom stereocenters. The molecule has 0 aliphatic carbocycles. The molecule has 3 nitrogen and oxygen atoms in total. The second-order valence-corrected chi connectivity index (χ2v) is 6.92. The van der Waals surface area contributed by atoms with E-state index < -0.39 is 0 Å². The van der Waals surface area contributed by atoms with Gasteiger partial charge in [0, 0.05) is 17.6 Å². The van der Waals surface area contributed by atoms with Gasteiger partial charge in [-0.3, -0.25) is 11.3 Å². The topological polar surface area (TPSA) is 41.3 Å². The van der Waals surface area contributed by atoms with Gasteiger partial charge in [-0.2, -0.15) is 0 Å². The third-order valence-corrected chi connectivity index (χ3v) is 5.71. The van der Waals surface area contributed by atoms with E-state index in [2.05, 4.69) is 33.3 Å². The van der Waals surface area contributed by atoms with Crippen molar-refractivity contribution in [2.24, 2.45) is 11.8 Å². The molecule has 0 radical (unpaired) electrons. The van der Waals surface area contributed by atoms with E-state index in [0.717, 1.165) is 12.8 Å². The monoisotopic (exact) mass is 341 g/mol. The number of nitrogens with one attached hydrogen (secondary N) is 1. The van der Waals surface area contributed by atoms with Gasteiger partial charge in [0.2, 0.25) is 0 Å². The molecule has 2 heterocycles. The lowest BCUT2D eigenvalue weighted by molar-refractivity contribution is 0.111. The Morgan fingerprint density at radius 1 is 1.35 bits per heavy atom. The lowest BCUT2D eigenvalue weighted by Gasteiger charge is -2.39. The van der Waals surface area contributed by atoms with Gasteiger partial charge in [-0.25, -0.2) is 4.39 Å². The van der Waals surface area contributed by atoms with Gasteiger partial charge >= 0.3 is 0 Å². The van der Waals surface area contributed by atoms with Gasteiger partial charge in [0.1, 0.15) is 5.82 Å². The van der Waals surface area contributed by atoms with E-state index >= 15 is 0 Å². The van der Waals surface area contributed by atoms with Gasteiger partial charge < -0.3 is 4.90 Å². The first-order valence-electron chi connectivity index (χ1n) is 7.23. The highest BCUT2D eigenvalue weighted by Crippen LogP contribution is 2.43. The highest BCUT2D eigenvalue weighted by molar-refractivity contribution is 9.10. The summed E-state index contributed by atoms with van der Waals surface area (Å²) < 4.78 is 14.8. The fourth-order valence-corrected chi connectivity index (χ4v) is 4.35. The molecule has 2 fully saturated rings. The maximum absolute atomic E-state index is 14.3. The van der Waals surface area contributed by atoms with Crippen LogP contribution in [0.1, 0.15) is 37.3 Å². The molecule has 2 bridgehead atoms. The molecular weight excluding hydrogens is 321 g/mol. The molecule has 1 aromatic rings. The van der Waals surface area contributed by atoms with Crippen LogP contribution in [-0.4, -0.2) is 24.0 Å². The normalized spacial score (nSPS) is 31.5. The van der Waals surface area contributed by atoms with Crippen molar-refractivity contribution in [3.8, 4) is 0 Å². The molecule has 3 unspecified atom stereocenters. The van der Waals surface area contributed by atoms with Gasteiger partial charge in [0.15, 0.2) is 0 Å². The van der Waals surface area contributed by atoms with E-state index in [1.165, 1.54) is 12.8 Å². The van der Waals surface area contributed by atoms with Crippen molar-refractivity contribution >= 4 is 15.9 Å². The van der Waals surface area contributed by atoms with Crippen LogP contribution < -0.4 is 11.3 Å². The molecule has 2 aliphatic rings. The lowest BCUT2D eigenvalue weighted by atomic mass is 9.82. The van der Waals surface area contributed by atoms with Crippen molar-refractivity contribution < 1.29 is 4.39 Å². The molecule has 0 amide bonds. The zero-order chi connectivity index (χ0) is 14.3. The summed E-state index contributed by atoms with van der Waals surface area (Å²) in [5, 5.41) is 0. The van der Waals surface area contributed by atoms with Gasteiger partial charge in [0.05, 0.1) is 10.5 Å². The van der Waals surface area contributed by atoms with Crippen LogP contribution in [0.25, 0.3) is 0 Å². The fourth-order valence-electron chi connectivity index (χ4n) is 3.97. The Morgan fingerprint density at radius 2 is 2.00 bits per heavy atom. The summed E-state index contributed by atoms with van der Waals surface area (Å²) in [6, 6.07) is 6.59. The van der Waals surface area contributed by atoms with Gasteiger partial charge in [0.25, 0.3) is 0 Å². The summed E-state index contributed by atoms with van der Waals surface area (Å²) in [6.45, 7) is 0. The summed E-state index contributed by atoms with van der Waals surface area (Å²) in [5.74, 6) is 5.96. The second kappa shape index (κ2) is 5.72. The Hall–Kier alpha value is -0.490. The summed E-state index contributed by atoms with van der Waals surface area (Å²) in [5.41, 5.74) is 3.54. The minimum absolute atomic E-state index is 0.107. The molecule has 3 rings (SSSR count). The Morgan fingerprint density at radius 3 is 2.60 bits per heavy atom. The van der Waals surface area contributed by atoms with Crippen LogP contribution in [0.2, 0.25) is 0 Å². The van der Waals surface area contributed by atoms with Crippen molar-refractivity contribution in [2.75, 3.05) is 7.05 Å². The van der Waals surface area contributed by atoms with Crippen molar-refractivity contribution in [1.29, 1.82) is 0 Å². The van der Waals surface area contributed by atoms with Crippen LogP contribution in [0.15, 0.2) is 22.7 Å². The number of nitrogens with two attached hydrogens (primary N) is 1. The Balaban J connectivity index is 1.86. The number of hydrazine groups is 1. The third kappa shape index (κ3) is 2.41. The molecule has 0 aromatic heterocycles. The molecule has 5 heteroatoms. The molecule has 3 N–H and O–H groups in total. The van der Waals surface area contributed by atoms with E-state index in [0.29, 0.717) is 28.0 Å². The Labute approximate surface area is 127 Å². The number of hydrogen-bond acceptors (Lipinski definition) is 3. The summed E-state index contributed by atoms with van der Waals surface area (Å²) >= 11 is 3.26. The van der Waals surface area contributed by atoms with Crippen LogP contribution in [0, 0.1) is 11.7 Å². The lowest BCUT2D eigenvalue weighted by Crippen LogP contribution is -2.45. The number of rotatable bonds is 3. The van der Waals surface area contributed by atoms with Gasteiger partial charge in [-0.05, 0) is 60.6 Å². The van der Waals surface area contributed by atoms with E-state index in [-0.39, 0.29) is 11.9 Å². The summed E-state index contributed by atoms with van der Waals surface area (Å²) in [4.78, 5) is 2.49. The number of benzene rings is 1. The fraction of sp³-hybridized carbons (Fsp3) is 0.600. The van der Waals surface area contributed by atoms with Crippen molar-refractivity contribution in [1.82, 2.24) is 10.3 Å². The van der Waals surface area contributed by atoms with Crippen LogP contribution in [-0.2, 0) is 0 Å². The average molecular weight is 342 g/mol. The van der Waals surface area contributed by atoms with E-state index in [1.807, 2.05) is 12.1 Å². The second-order valence-electron chi connectivity index (χ2n) is 6.07. The minimum atomic E-state index is -0.193. The zero-order valence-corrected chi connectivity index (χ0v) is 13.2. The standard InChI is InChI=1S/C15H21BrFN3/c1-20-10-5-6-11(20)8-9(7-10)15(19-18)12-3-2-4-13(16)14(12)17/h2-4,9-11,15,19H,5-8,18H2,1H3. The van der Waals surface area contributed by atoms with E-state index in [1.54, 1.807) is 6.07 Å². The molecule has 20 heavy (non-hydrogen) atoms. The first-order chi connectivity index (χ1) is 9.61. The summed E-state index contributed by atoms with van der Waals surface area (Å²) in [6.07, 6.45) is 4.70. The first kappa shape index (κ1) is 14.4. The average Bonchev–Trinajstić information content (AvgIpc) is 2.66. The van der Waals surface area contributed by atoms with Crippen LogP contribution in [0.5, 0.6) is 0 Å². The van der Waals surface area contributed by atoms with E-state index in [4.69, 9.17) is 5.84 Å². The molecule has 0 saturated carbocycles. The zero-order valence-electron chi connectivity index (χ0n) is 11.7. The number of piperidine rings is 1. The minimum Gasteiger partial charge on any atom is -0.300 e. The Bertz CT molecular complexity index is 482. The quantitative estimate of drug-likeness (QED) is 0.656. The highest BCUT2D eigenvalue weighted by Gasteiger charge is 2.41. The maximum atomic E-state index is 14.3. The van der Waals surface area contributed by atoms with Crippen molar-refractivity contribution in [3.05, 3.63) is 34.1 Å². The van der Waals surface area contributed by atoms with Crippen LogP contribution in [0.4, 0.5) is 4.39 Å².